The predicted octanol–water partition coefficient (Wildman–Crippen LogP) is -0.898. The first kappa shape index (κ1) is 9.89. The van der Waals surface area contributed by atoms with Crippen LogP contribution >= 0.6 is 0 Å². The Bertz CT molecular complexity index is 204. The summed E-state index contributed by atoms with van der Waals surface area (Å²) in [7, 11) is 0. The molecule has 1 amide bonds. The fourth-order valence-electron chi connectivity index (χ4n) is 1.79. The number of nitrogens with zero attached hydrogens (tertiary/aromatic N) is 1. The summed E-state index contributed by atoms with van der Waals surface area (Å²) in [6, 6.07) is 0.311. The Morgan fingerprint density at radius 2 is 2.29 bits per heavy atom. The highest BCUT2D eigenvalue weighted by Crippen LogP contribution is 2.05. The van der Waals surface area contributed by atoms with E-state index in [1.807, 2.05) is 0 Å². The first-order chi connectivity index (χ1) is 6.84. The molecular weight excluding hydrogens is 182 g/mol. The number of carbonyl (C=O) groups excluding carboxylic acids is 1. The van der Waals surface area contributed by atoms with Gasteiger partial charge >= 0.3 is 0 Å². The molecule has 0 bridgehead atoms. The van der Waals surface area contributed by atoms with E-state index in [0.717, 1.165) is 39.3 Å². The lowest BCUT2D eigenvalue weighted by Gasteiger charge is -2.28. The molecule has 0 spiro atoms. The molecule has 2 N–H and O–H groups in total. The van der Waals surface area contributed by atoms with Gasteiger partial charge in [-0.15, -0.1) is 0 Å². The van der Waals surface area contributed by atoms with E-state index < -0.39 is 0 Å². The molecule has 5 nitrogen and oxygen atoms in total. The quantitative estimate of drug-likeness (QED) is 0.618. The molecule has 2 heterocycles. The summed E-state index contributed by atoms with van der Waals surface area (Å²) in [6.45, 7) is 4.29. The van der Waals surface area contributed by atoms with Gasteiger partial charge in [0.15, 0.2) is 0 Å². The van der Waals surface area contributed by atoms with E-state index >= 15 is 0 Å². The zero-order valence-electron chi connectivity index (χ0n) is 8.29. The Morgan fingerprint density at radius 3 is 2.93 bits per heavy atom. The number of ether oxygens (including phenoxy) is 1. The highest BCUT2D eigenvalue weighted by molar-refractivity contribution is 5.78. The summed E-state index contributed by atoms with van der Waals surface area (Å²) in [4.78, 5) is 10.9. The van der Waals surface area contributed by atoms with Crippen LogP contribution in [0.4, 0.5) is 0 Å². The molecule has 2 rings (SSSR count). The molecule has 80 valence electrons. The Morgan fingerprint density at radius 1 is 1.50 bits per heavy atom. The molecule has 1 unspecified atom stereocenters. The van der Waals surface area contributed by atoms with E-state index in [2.05, 4.69) is 15.8 Å². The molecule has 0 saturated carbocycles. The second-order valence-corrected chi connectivity index (χ2v) is 3.76. The number of hydrogen-bond donors (Lipinski definition) is 2. The smallest absolute Gasteiger partial charge is 0.220 e. The van der Waals surface area contributed by atoms with Gasteiger partial charge in [0, 0.05) is 32.1 Å². The van der Waals surface area contributed by atoms with Crippen LogP contribution in [0.3, 0.4) is 0 Å². The van der Waals surface area contributed by atoms with Crippen LogP contribution < -0.4 is 10.7 Å². The SMILES string of the molecule is O=C1CCC(CNN2CCOCC2)N1. The van der Waals surface area contributed by atoms with Crippen LogP contribution in [0.5, 0.6) is 0 Å². The lowest BCUT2D eigenvalue weighted by atomic mass is 10.2. The molecule has 0 aromatic rings. The summed E-state index contributed by atoms with van der Waals surface area (Å²) >= 11 is 0. The number of nitrogens with one attached hydrogen (secondary N) is 2. The Hall–Kier alpha value is -0.650. The highest BCUT2D eigenvalue weighted by atomic mass is 16.5. The minimum atomic E-state index is 0.179. The minimum absolute atomic E-state index is 0.179. The topological polar surface area (TPSA) is 53.6 Å². The number of amides is 1. The van der Waals surface area contributed by atoms with Crippen molar-refractivity contribution in [3.05, 3.63) is 0 Å². The average Bonchev–Trinajstić information content (AvgIpc) is 2.63. The third-order valence-electron chi connectivity index (χ3n) is 2.66. The van der Waals surface area contributed by atoms with Gasteiger partial charge in [-0.05, 0) is 6.42 Å². The normalized spacial score (nSPS) is 29.1. The molecule has 0 radical (unpaired) electrons. The Kier molecular flexibility index (Phi) is 3.34. The maximum atomic E-state index is 10.9. The second-order valence-electron chi connectivity index (χ2n) is 3.76. The lowest BCUT2D eigenvalue weighted by Crippen LogP contribution is -2.49. The molecule has 2 aliphatic rings. The number of rotatable bonds is 3. The van der Waals surface area contributed by atoms with E-state index in [0.29, 0.717) is 12.5 Å². The minimum Gasteiger partial charge on any atom is -0.379 e. The zero-order chi connectivity index (χ0) is 9.80. The van der Waals surface area contributed by atoms with Gasteiger partial charge in [0.2, 0.25) is 5.91 Å². The molecule has 0 aromatic carbocycles. The van der Waals surface area contributed by atoms with Gasteiger partial charge in [0.1, 0.15) is 0 Å². The van der Waals surface area contributed by atoms with Crippen molar-refractivity contribution in [1.29, 1.82) is 0 Å². The van der Waals surface area contributed by atoms with Crippen molar-refractivity contribution in [1.82, 2.24) is 15.8 Å². The van der Waals surface area contributed by atoms with E-state index in [-0.39, 0.29) is 5.91 Å². The van der Waals surface area contributed by atoms with Crippen molar-refractivity contribution >= 4 is 5.91 Å². The number of morpholine rings is 1. The van der Waals surface area contributed by atoms with Crippen LogP contribution in [0.2, 0.25) is 0 Å². The van der Waals surface area contributed by atoms with Gasteiger partial charge in [-0.3, -0.25) is 10.2 Å². The van der Waals surface area contributed by atoms with Crippen molar-refractivity contribution in [2.75, 3.05) is 32.8 Å². The highest BCUT2D eigenvalue weighted by Gasteiger charge is 2.21. The fourth-order valence-corrected chi connectivity index (χ4v) is 1.79. The van der Waals surface area contributed by atoms with Gasteiger partial charge in [0.05, 0.1) is 13.2 Å². The monoisotopic (exact) mass is 199 g/mol. The van der Waals surface area contributed by atoms with Crippen LogP contribution in [0, 0.1) is 0 Å². The molecule has 2 fully saturated rings. The van der Waals surface area contributed by atoms with E-state index in [1.165, 1.54) is 0 Å². The van der Waals surface area contributed by atoms with E-state index in [9.17, 15) is 4.79 Å². The van der Waals surface area contributed by atoms with E-state index in [4.69, 9.17) is 4.74 Å². The molecule has 2 aliphatic heterocycles. The average molecular weight is 199 g/mol. The van der Waals surface area contributed by atoms with Gasteiger partial charge < -0.3 is 10.1 Å². The summed E-state index contributed by atoms with van der Waals surface area (Å²) in [5, 5.41) is 5.09. The standard InChI is InChI=1S/C9H17N3O2/c13-9-2-1-8(11-9)7-10-12-3-5-14-6-4-12/h8,10H,1-7H2,(H,11,13). The third kappa shape index (κ3) is 2.67. The van der Waals surface area contributed by atoms with Crippen LogP contribution in [0.15, 0.2) is 0 Å². The largest absolute Gasteiger partial charge is 0.379 e. The van der Waals surface area contributed by atoms with Crippen LogP contribution in [0.1, 0.15) is 12.8 Å². The van der Waals surface area contributed by atoms with Crippen molar-refractivity contribution in [2.45, 2.75) is 18.9 Å². The third-order valence-corrected chi connectivity index (χ3v) is 2.66. The first-order valence-corrected chi connectivity index (χ1v) is 5.20. The van der Waals surface area contributed by atoms with Crippen molar-refractivity contribution < 1.29 is 9.53 Å². The second kappa shape index (κ2) is 4.72. The molecular formula is C9H17N3O2. The molecule has 0 aliphatic carbocycles. The number of carbonyl (C=O) groups is 1. The van der Waals surface area contributed by atoms with Gasteiger partial charge in [-0.1, -0.05) is 0 Å². The molecule has 2 saturated heterocycles. The van der Waals surface area contributed by atoms with E-state index in [1.54, 1.807) is 0 Å². The first-order valence-electron chi connectivity index (χ1n) is 5.20. The van der Waals surface area contributed by atoms with Crippen LogP contribution in [-0.2, 0) is 9.53 Å². The van der Waals surface area contributed by atoms with Gasteiger partial charge in [0.25, 0.3) is 0 Å². The maximum absolute atomic E-state index is 10.9. The molecule has 0 aromatic heterocycles. The molecule has 1 atom stereocenters. The Labute approximate surface area is 83.8 Å². The predicted molar refractivity (Wildman–Crippen MR) is 51.6 cm³/mol. The summed E-state index contributed by atoms with van der Waals surface area (Å²) in [6.07, 6.45) is 1.63. The zero-order valence-corrected chi connectivity index (χ0v) is 8.29. The Balaban J connectivity index is 1.63. The van der Waals surface area contributed by atoms with Crippen LogP contribution in [0.25, 0.3) is 0 Å². The van der Waals surface area contributed by atoms with Crippen molar-refractivity contribution in [2.24, 2.45) is 0 Å². The lowest BCUT2D eigenvalue weighted by molar-refractivity contribution is -0.119. The number of hydrogen-bond acceptors (Lipinski definition) is 4. The summed E-state index contributed by atoms with van der Waals surface area (Å²) < 4.78 is 5.24. The summed E-state index contributed by atoms with van der Waals surface area (Å²) in [5.41, 5.74) is 3.32. The maximum Gasteiger partial charge on any atom is 0.220 e. The van der Waals surface area contributed by atoms with Gasteiger partial charge in [-0.25, -0.2) is 5.01 Å². The van der Waals surface area contributed by atoms with Crippen molar-refractivity contribution in [3.63, 3.8) is 0 Å². The van der Waals surface area contributed by atoms with Crippen molar-refractivity contribution in [3.8, 4) is 0 Å². The number of hydrazine groups is 1. The molecule has 14 heavy (non-hydrogen) atoms. The summed E-state index contributed by atoms with van der Waals surface area (Å²) in [5.74, 6) is 0.179. The molecule has 5 heteroatoms. The van der Waals surface area contributed by atoms with Crippen LogP contribution in [-0.4, -0.2) is 49.8 Å². The van der Waals surface area contributed by atoms with Gasteiger partial charge in [-0.2, -0.15) is 0 Å². The fraction of sp³-hybridized carbons (Fsp3) is 0.889.